The minimum atomic E-state index is -3.46. The van der Waals surface area contributed by atoms with E-state index in [1.807, 2.05) is 37.3 Å². The molecule has 1 saturated heterocycles. The Labute approximate surface area is 171 Å². The molecule has 0 unspecified atom stereocenters. The minimum absolute atomic E-state index is 0.0143. The Morgan fingerprint density at radius 1 is 1.11 bits per heavy atom. The van der Waals surface area contributed by atoms with Crippen molar-refractivity contribution < 1.29 is 13.2 Å². The van der Waals surface area contributed by atoms with Crippen molar-refractivity contribution in [2.24, 2.45) is 5.92 Å². The lowest BCUT2D eigenvalue weighted by Crippen LogP contribution is -2.43. The largest absolute Gasteiger partial charge is 0.349 e. The summed E-state index contributed by atoms with van der Waals surface area (Å²) in [5.74, 6) is -0.299. The van der Waals surface area contributed by atoms with Crippen molar-refractivity contribution in [3.05, 3.63) is 70.7 Å². The Morgan fingerprint density at radius 2 is 1.71 bits per heavy atom. The summed E-state index contributed by atoms with van der Waals surface area (Å²) < 4.78 is 26.9. The zero-order valence-corrected chi connectivity index (χ0v) is 17.4. The van der Waals surface area contributed by atoms with Gasteiger partial charge in [-0.3, -0.25) is 4.79 Å². The van der Waals surface area contributed by atoms with Crippen molar-refractivity contribution in [3.63, 3.8) is 0 Å². The van der Waals surface area contributed by atoms with E-state index in [-0.39, 0.29) is 23.6 Å². The third kappa shape index (κ3) is 5.13. The first-order valence-electron chi connectivity index (χ1n) is 9.43. The SMILES string of the molecule is C[C@H](NC(=O)C1CCN(S(=O)(=O)Cc2ccccc2Cl)CC1)c1ccccc1. The van der Waals surface area contributed by atoms with E-state index >= 15 is 0 Å². The van der Waals surface area contributed by atoms with Crippen LogP contribution in [0.5, 0.6) is 0 Å². The second kappa shape index (κ2) is 9.07. The Balaban J connectivity index is 1.55. The number of piperidine rings is 1. The molecular formula is C21H25ClN2O3S. The van der Waals surface area contributed by atoms with E-state index in [1.54, 1.807) is 24.3 Å². The Kier molecular flexibility index (Phi) is 6.75. The van der Waals surface area contributed by atoms with E-state index < -0.39 is 10.0 Å². The molecule has 1 heterocycles. The van der Waals surface area contributed by atoms with Crippen molar-refractivity contribution in [2.75, 3.05) is 13.1 Å². The second-order valence-corrected chi connectivity index (χ2v) is 9.54. The molecule has 2 aromatic carbocycles. The average Bonchev–Trinajstić information content (AvgIpc) is 2.70. The first kappa shape index (κ1) is 20.8. The van der Waals surface area contributed by atoms with Crippen molar-refractivity contribution in [1.29, 1.82) is 0 Å². The fraction of sp³-hybridized carbons (Fsp3) is 0.381. The van der Waals surface area contributed by atoms with Crippen LogP contribution in [0, 0.1) is 5.92 Å². The molecule has 1 amide bonds. The Hall–Kier alpha value is -1.89. The molecule has 1 atom stereocenters. The van der Waals surface area contributed by atoms with Crippen molar-refractivity contribution in [1.82, 2.24) is 9.62 Å². The molecule has 1 N–H and O–H groups in total. The maximum Gasteiger partial charge on any atom is 0.223 e. The molecule has 0 spiro atoms. The van der Waals surface area contributed by atoms with E-state index in [0.29, 0.717) is 36.5 Å². The number of hydrogen-bond acceptors (Lipinski definition) is 3. The van der Waals surface area contributed by atoms with Crippen molar-refractivity contribution in [2.45, 2.75) is 31.6 Å². The number of benzene rings is 2. The topological polar surface area (TPSA) is 66.5 Å². The standard InChI is InChI=1S/C21H25ClN2O3S/c1-16(17-7-3-2-4-8-17)23-21(25)18-11-13-24(14-12-18)28(26,27)15-19-9-5-6-10-20(19)22/h2-10,16,18H,11-15H2,1H3,(H,23,25)/t16-/m0/s1. The lowest BCUT2D eigenvalue weighted by molar-refractivity contribution is -0.126. The molecule has 0 bridgehead atoms. The van der Waals surface area contributed by atoms with Crippen LogP contribution in [0.25, 0.3) is 0 Å². The van der Waals surface area contributed by atoms with Crippen LogP contribution >= 0.6 is 11.6 Å². The fourth-order valence-corrected chi connectivity index (χ4v) is 5.33. The normalized spacial score (nSPS) is 17.2. The molecular weight excluding hydrogens is 396 g/mol. The van der Waals surface area contributed by atoms with Crippen LogP contribution in [0.15, 0.2) is 54.6 Å². The van der Waals surface area contributed by atoms with Gasteiger partial charge in [0.1, 0.15) is 0 Å². The van der Waals surface area contributed by atoms with Gasteiger partial charge >= 0.3 is 0 Å². The van der Waals surface area contributed by atoms with E-state index in [1.165, 1.54) is 4.31 Å². The molecule has 1 aliphatic heterocycles. The van der Waals surface area contributed by atoms with Crippen LogP contribution < -0.4 is 5.32 Å². The first-order valence-corrected chi connectivity index (χ1v) is 11.4. The van der Waals surface area contributed by atoms with E-state index in [2.05, 4.69) is 5.32 Å². The lowest BCUT2D eigenvalue weighted by atomic mass is 9.96. The highest BCUT2D eigenvalue weighted by molar-refractivity contribution is 7.88. The molecule has 0 saturated carbocycles. The minimum Gasteiger partial charge on any atom is -0.349 e. The number of halogens is 1. The van der Waals surface area contributed by atoms with Gasteiger partial charge in [0.2, 0.25) is 15.9 Å². The van der Waals surface area contributed by atoms with Crippen molar-refractivity contribution in [3.8, 4) is 0 Å². The van der Waals surface area contributed by atoms with Gasteiger partial charge in [-0.25, -0.2) is 12.7 Å². The molecule has 3 rings (SSSR count). The van der Waals surface area contributed by atoms with E-state index in [9.17, 15) is 13.2 Å². The lowest BCUT2D eigenvalue weighted by Gasteiger charge is -2.31. The van der Waals surface area contributed by atoms with Crippen LogP contribution in [0.3, 0.4) is 0 Å². The van der Waals surface area contributed by atoms with Gasteiger partial charge in [-0.2, -0.15) is 0 Å². The van der Waals surface area contributed by atoms with Gasteiger partial charge in [0.15, 0.2) is 0 Å². The van der Waals surface area contributed by atoms with Gasteiger partial charge in [0, 0.05) is 24.0 Å². The summed E-state index contributed by atoms with van der Waals surface area (Å²) in [7, 11) is -3.46. The quantitative estimate of drug-likeness (QED) is 0.773. The molecule has 1 aliphatic rings. The third-order valence-electron chi connectivity index (χ3n) is 5.17. The zero-order chi connectivity index (χ0) is 20.1. The number of sulfonamides is 1. The zero-order valence-electron chi connectivity index (χ0n) is 15.8. The molecule has 28 heavy (non-hydrogen) atoms. The molecule has 0 radical (unpaired) electrons. The highest BCUT2D eigenvalue weighted by atomic mass is 35.5. The molecule has 2 aromatic rings. The first-order chi connectivity index (χ1) is 13.4. The number of nitrogens with one attached hydrogen (secondary N) is 1. The predicted molar refractivity (Wildman–Crippen MR) is 111 cm³/mol. The fourth-order valence-electron chi connectivity index (χ4n) is 3.46. The van der Waals surface area contributed by atoms with Gasteiger partial charge < -0.3 is 5.32 Å². The molecule has 5 nitrogen and oxygen atoms in total. The van der Waals surface area contributed by atoms with Crippen LogP contribution in [0.4, 0.5) is 0 Å². The van der Waals surface area contributed by atoms with Crippen LogP contribution in [-0.4, -0.2) is 31.7 Å². The summed E-state index contributed by atoms with van der Waals surface area (Å²) in [5.41, 5.74) is 1.65. The number of carbonyl (C=O) groups is 1. The smallest absolute Gasteiger partial charge is 0.223 e. The highest BCUT2D eigenvalue weighted by Gasteiger charge is 2.31. The summed E-state index contributed by atoms with van der Waals surface area (Å²) in [6.07, 6.45) is 1.05. The van der Waals surface area contributed by atoms with Crippen LogP contribution in [0.2, 0.25) is 5.02 Å². The number of amides is 1. The molecule has 1 fully saturated rings. The summed E-state index contributed by atoms with van der Waals surface area (Å²) in [6, 6.07) is 16.7. The third-order valence-corrected chi connectivity index (χ3v) is 7.37. The number of carbonyl (C=O) groups excluding carboxylic acids is 1. The van der Waals surface area contributed by atoms with Gasteiger partial charge in [0.05, 0.1) is 11.8 Å². The summed E-state index contributed by atoms with van der Waals surface area (Å²) >= 11 is 6.10. The van der Waals surface area contributed by atoms with Gasteiger partial charge in [-0.15, -0.1) is 0 Å². The maximum absolute atomic E-state index is 12.7. The number of rotatable bonds is 6. The summed E-state index contributed by atoms with van der Waals surface area (Å²) in [4.78, 5) is 12.6. The second-order valence-electron chi connectivity index (χ2n) is 7.16. The van der Waals surface area contributed by atoms with E-state index in [0.717, 1.165) is 5.56 Å². The summed E-state index contributed by atoms with van der Waals surface area (Å²) in [5, 5.41) is 3.50. The predicted octanol–water partition coefficient (Wildman–Crippen LogP) is 3.76. The van der Waals surface area contributed by atoms with Crippen molar-refractivity contribution >= 4 is 27.5 Å². The summed E-state index contributed by atoms with van der Waals surface area (Å²) in [6.45, 7) is 2.66. The Morgan fingerprint density at radius 3 is 2.36 bits per heavy atom. The van der Waals surface area contributed by atoms with E-state index in [4.69, 9.17) is 11.6 Å². The molecule has 0 aromatic heterocycles. The van der Waals surface area contributed by atoms with Crippen LogP contribution in [0.1, 0.15) is 36.9 Å². The molecule has 0 aliphatic carbocycles. The number of nitrogens with zero attached hydrogens (tertiary/aromatic N) is 1. The maximum atomic E-state index is 12.7. The highest BCUT2D eigenvalue weighted by Crippen LogP contribution is 2.25. The van der Waals surface area contributed by atoms with Gasteiger partial charge in [-0.05, 0) is 37.0 Å². The van der Waals surface area contributed by atoms with Crippen LogP contribution in [-0.2, 0) is 20.6 Å². The molecule has 7 heteroatoms. The average molecular weight is 421 g/mol. The van der Waals surface area contributed by atoms with Gasteiger partial charge in [0.25, 0.3) is 0 Å². The van der Waals surface area contributed by atoms with Gasteiger partial charge in [-0.1, -0.05) is 60.1 Å². The Bertz CT molecular complexity index is 910. The number of hydrogen-bond donors (Lipinski definition) is 1. The molecule has 150 valence electrons. The monoisotopic (exact) mass is 420 g/mol.